The minimum atomic E-state index is -2.60. The number of halogens is 1. The van der Waals surface area contributed by atoms with E-state index in [0.717, 1.165) is 6.20 Å². The fourth-order valence-corrected chi connectivity index (χ4v) is 0.729. The number of pyridine rings is 1. The summed E-state index contributed by atoms with van der Waals surface area (Å²) in [5.41, 5.74) is 0.0329. The van der Waals surface area contributed by atoms with Crippen LogP contribution in [0.1, 0.15) is 9.68 Å². The van der Waals surface area contributed by atoms with Crippen LogP contribution >= 0.6 is 11.6 Å². The molecule has 0 N–H and O–H groups in total. The molecule has 1 rings (SSSR count). The summed E-state index contributed by atoms with van der Waals surface area (Å²) in [6.07, 6.45) is 1.16. The van der Waals surface area contributed by atoms with E-state index >= 15 is 0 Å². The van der Waals surface area contributed by atoms with Crippen LogP contribution in [-0.2, 0) is 0 Å². The first-order chi connectivity index (χ1) is 6.42. The zero-order valence-electron chi connectivity index (χ0n) is 8.34. The third-order valence-electron chi connectivity index (χ3n) is 1.06. The summed E-state index contributed by atoms with van der Waals surface area (Å²) in [5, 5.41) is 8.68. The Morgan fingerprint density at radius 1 is 1.91 bits per heavy atom. The maximum atomic E-state index is 8.61. The van der Waals surface area contributed by atoms with Gasteiger partial charge in [-0.2, -0.15) is 5.26 Å². The minimum Gasteiger partial charge on any atom is -0.495 e. The van der Waals surface area contributed by atoms with Gasteiger partial charge in [0, 0.05) is 6.07 Å². The Kier molecular flexibility index (Phi) is 1.34. The molecule has 1 heterocycles. The van der Waals surface area contributed by atoms with Crippen LogP contribution in [0, 0.1) is 11.3 Å². The largest absolute Gasteiger partial charge is 0.495 e. The summed E-state index contributed by atoms with van der Waals surface area (Å²) in [5.74, 6) is -0.0903. The predicted molar refractivity (Wildman–Crippen MR) is 40.5 cm³/mol. The molecule has 0 saturated carbocycles. The SMILES string of the molecule is [2H]C([2H])([2H])Oc1cc(Cl)ncc1C#N. The van der Waals surface area contributed by atoms with Crippen LogP contribution in [0.15, 0.2) is 12.3 Å². The van der Waals surface area contributed by atoms with Crippen LogP contribution in [-0.4, -0.2) is 12.0 Å². The monoisotopic (exact) mass is 171 g/mol. The van der Waals surface area contributed by atoms with E-state index in [1.807, 2.05) is 0 Å². The average molecular weight is 172 g/mol. The number of nitrogens with zero attached hydrogens (tertiary/aromatic N) is 2. The van der Waals surface area contributed by atoms with Gasteiger partial charge >= 0.3 is 0 Å². The topological polar surface area (TPSA) is 45.9 Å². The van der Waals surface area contributed by atoms with Crippen molar-refractivity contribution in [2.75, 3.05) is 7.04 Å². The molecule has 0 aliphatic rings. The molecular formula is C7H5ClN2O. The highest BCUT2D eigenvalue weighted by atomic mass is 35.5. The van der Waals surface area contributed by atoms with Gasteiger partial charge < -0.3 is 4.74 Å². The molecule has 0 radical (unpaired) electrons. The molecule has 0 amide bonds. The number of aromatic nitrogens is 1. The summed E-state index contributed by atoms with van der Waals surface area (Å²) >= 11 is 5.52. The second-order valence-corrected chi connectivity index (χ2v) is 2.10. The lowest BCUT2D eigenvalue weighted by atomic mass is 10.3. The van der Waals surface area contributed by atoms with E-state index in [9.17, 15) is 0 Å². The first-order valence-corrected chi connectivity index (χ1v) is 3.05. The van der Waals surface area contributed by atoms with Crippen molar-refractivity contribution in [3.8, 4) is 11.8 Å². The van der Waals surface area contributed by atoms with Gasteiger partial charge in [0.1, 0.15) is 22.5 Å². The van der Waals surface area contributed by atoms with Crippen molar-refractivity contribution in [3.63, 3.8) is 0 Å². The average Bonchev–Trinajstić information content (AvgIpc) is 2.01. The van der Waals surface area contributed by atoms with Crippen molar-refractivity contribution >= 4 is 11.6 Å². The fraction of sp³-hybridized carbons (Fsp3) is 0.143. The van der Waals surface area contributed by atoms with Crippen molar-refractivity contribution in [2.24, 2.45) is 0 Å². The second-order valence-electron chi connectivity index (χ2n) is 1.72. The minimum absolute atomic E-state index is 0.0329. The van der Waals surface area contributed by atoms with E-state index in [2.05, 4.69) is 9.72 Å². The molecule has 11 heavy (non-hydrogen) atoms. The molecule has 56 valence electrons. The predicted octanol–water partition coefficient (Wildman–Crippen LogP) is 1.62. The van der Waals surface area contributed by atoms with E-state index in [1.165, 1.54) is 6.07 Å². The van der Waals surface area contributed by atoms with Gasteiger partial charge in [0.05, 0.1) is 17.3 Å². The summed E-state index contributed by atoms with van der Waals surface area (Å²) < 4.78 is 25.1. The Morgan fingerprint density at radius 2 is 2.73 bits per heavy atom. The Labute approximate surface area is 73.4 Å². The number of rotatable bonds is 1. The molecule has 0 fully saturated rings. The molecule has 4 heteroatoms. The van der Waals surface area contributed by atoms with E-state index in [0.29, 0.717) is 0 Å². The van der Waals surface area contributed by atoms with Crippen LogP contribution in [0.25, 0.3) is 0 Å². The van der Waals surface area contributed by atoms with E-state index in [-0.39, 0.29) is 16.5 Å². The molecule has 0 unspecified atom stereocenters. The van der Waals surface area contributed by atoms with Crippen molar-refractivity contribution in [1.29, 1.82) is 5.26 Å². The van der Waals surface area contributed by atoms with Gasteiger partial charge in [-0.15, -0.1) is 0 Å². The zero-order chi connectivity index (χ0) is 10.8. The second kappa shape index (κ2) is 3.22. The molecule has 0 aliphatic carbocycles. The van der Waals surface area contributed by atoms with Crippen molar-refractivity contribution in [1.82, 2.24) is 4.98 Å². The maximum Gasteiger partial charge on any atom is 0.141 e. The first-order valence-electron chi connectivity index (χ1n) is 4.17. The first kappa shape index (κ1) is 4.58. The Hall–Kier alpha value is -1.27. The lowest BCUT2D eigenvalue weighted by Gasteiger charge is -2.00. The van der Waals surface area contributed by atoms with Gasteiger partial charge in [0.2, 0.25) is 0 Å². The molecule has 0 saturated heterocycles. The number of hydrogen-bond acceptors (Lipinski definition) is 3. The number of ether oxygens (including phenoxy) is 1. The number of hydrogen-bond donors (Lipinski definition) is 0. The third-order valence-corrected chi connectivity index (χ3v) is 1.27. The molecule has 0 atom stereocenters. The van der Waals surface area contributed by atoms with Gasteiger partial charge in [-0.3, -0.25) is 0 Å². The van der Waals surface area contributed by atoms with Crippen molar-refractivity contribution < 1.29 is 8.85 Å². The third kappa shape index (κ3) is 1.60. The molecule has 3 nitrogen and oxygen atoms in total. The van der Waals surface area contributed by atoms with Gasteiger partial charge in [-0.1, -0.05) is 11.6 Å². The molecular weight excluding hydrogens is 164 g/mol. The Bertz CT molecular complexity index is 386. The summed E-state index contributed by atoms with van der Waals surface area (Å²) in [7, 11) is -2.60. The van der Waals surface area contributed by atoms with Crippen LogP contribution in [0.5, 0.6) is 5.75 Å². The lowest BCUT2D eigenvalue weighted by Crippen LogP contribution is -1.88. The normalized spacial score (nSPS) is 14.0. The number of methoxy groups -OCH3 is 1. The van der Waals surface area contributed by atoms with Crippen molar-refractivity contribution in [2.45, 2.75) is 0 Å². The van der Waals surface area contributed by atoms with E-state index in [4.69, 9.17) is 21.0 Å². The van der Waals surface area contributed by atoms with Gasteiger partial charge in [0.15, 0.2) is 0 Å². The van der Waals surface area contributed by atoms with Gasteiger partial charge in [-0.05, 0) is 0 Å². The molecule has 0 bridgehead atoms. The summed E-state index contributed by atoms with van der Waals surface area (Å²) in [6.45, 7) is 0. The van der Waals surface area contributed by atoms with Crippen molar-refractivity contribution in [3.05, 3.63) is 23.0 Å². The van der Waals surface area contributed by atoms with Crippen LogP contribution in [0.2, 0.25) is 5.15 Å². The highest BCUT2D eigenvalue weighted by molar-refractivity contribution is 6.29. The molecule has 0 aromatic carbocycles. The molecule has 0 aliphatic heterocycles. The summed E-state index contributed by atoms with van der Waals surface area (Å²) in [4.78, 5) is 3.62. The Morgan fingerprint density at radius 3 is 3.36 bits per heavy atom. The lowest BCUT2D eigenvalue weighted by molar-refractivity contribution is 0.413. The number of nitriles is 1. The van der Waals surface area contributed by atoms with Crippen LogP contribution < -0.4 is 4.74 Å². The van der Waals surface area contributed by atoms with E-state index < -0.39 is 7.04 Å². The summed E-state index contributed by atoms with van der Waals surface area (Å²) in [6, 6.07) is 2.94. The zero-order valence-corrected chi connectivity index (χ0v) is 6.09. The Balaban J connectivity index is 3.07. The van der Waals surface area contributed by atoms with Gasteiger partial charge in [-0.25, -0.2) is 4.98 Å². The maximum absolute atomic E-state index is 8.61. The highest BCUT2D eigenvalue weighted by Crippen LogP contribution is 2.19. The van der Waals surface area contributed by atoms with Gasteiger partial charge in [0.25, 0.3) is 0 Å². The smallest absolute Gasteiger partial charge is 0.141 e. The molecule has 0 spiro atoms. The van der Waals surface area contributed by atoms with Crippen LogP contribution in [0.3, 0.4) is 0 Å². The highest BCUT2D eigenvalue weighted by Gasteiger charge is 2.02. The van der Waals surface area contributed by atoms with Crippen LogP contribution in [0.4, 0.5) is 0 Å². The molecule has 1 aromatic rings. The molecule has 1 aromatic heterocycles. The van der Waals surface area contributed by atoms with E-state index in [1.54, 1.807) is 6.07 Å². The fourth-order valence-electron chi connectivity index (χ4n) is 0.581. The standard InChI is InChI=1S/C7H5ClN2O/c1-11-6-2-7(8)10-4-5(6)3-9/h2,4H,1H3/i1D3. The quantitative estimate of drug-likeness (QED) is 0.604.